The third kappa shape index (κ3) is 4.16. The molecule has 1 amide bonds. The van der Waals surface area contributed by atoms with Gasteiger partial charge in [-0.05, 0) is 29.7 Å². The second-order valence-corrected chi connectivity index (χ2v) is 5.83. The van der Waals surface area contributed by atoms with Crippen molar-refractivity contribution in [1.29, 1.82) is 0 Å². The third-order valence-corrected chi connectivity index (χ3v) is 3.97. The van der Waals surface area contributed by atoms with Crippen LogP contribution in [0.3, 0.4) is 0 Å². The van der Waals surface area contributed by atoms with Crippen molar-refractivity contribution < 1.29 is 4.79 Å². The Kier molecular flexibility index (Phi) is 5.53. The van der Waals surface area contributed by atoms with Crippen LogP contribution >= 0.6 is 15.9 Å². The molecule has 0 aromatic heterocycles. The molecule has 0 heterocycles. The number of halogens is 1. The fraction of sp³-hybridized carbons (Fsp3) is 0.235. The average molecular weight is 347 g/mol. The van der Waals surface area contributed by atoms with Gasteiger partial charge in [-0.1, -0.05) is 65.3 Å². The van der Waals surface area contributed by atoms with Gasteiger partial charge in [0.1, 0.15) is 6.04 Å². The molecule has 2 atom stereocenters. The van der Waals surface area contributed by atoms with E-state index in [1.165, 1.54) is 0 Å². The van der Waals surface area contributed by atoms with Crippen molar-refractivity contribution in [2.75, 3.05) is 0 Å². The molecule has 2 rings (SSSR count). The molecule has 3 nitrogen and oxygen atoms in total. The smallest absolute Gasteiger partial charge is 0.241 e. The molecular weight excluding hydrogens is 328 g/mol. The van der Waals surface area contributed by atoms with Crippen molar-refractivity contribution in [2.45, 2.75) is 25.4 Å². The first-order chi connectivity index (χ1) is 10.1. The summed E-state index contributed by atoms with van der Waals surface area (Å²) in [7, 11) is 0. The summed E-state index contributed by atoms with van der Waals surface area (Å²) in [4.78, 5) is 12.3. The van der Waals surface area contributed by atoms with Crippen LogP contribution in [0.2, 0.25) is 0 Å². The minimum Gasteiger partial charge on any atom is -0.348 e. The Hall–Kier alpha value is -1.65. The quantitative estimate of drug-likeness (QED) is 0.866. The van der Waals surface area contributed by atoms with Crippen LogP contribution in [0.5, 0.6) is 0 Å². The third-order valence-electron chi connectivity index (χ3n) is 3.44. The lowest BCUT2D eigenvalue weighted by Gasteiger charge is -2.20. The molecule has 0 bridgehead atoms. The second-order valence-electron chi connectivity index (χ2n) is 4.91. The summed E-state index contributed by atoms with van der Waals surface area (Å²) in [6.45, 7) is 2.04. The van der Waals surface area contributed by atoms with Crippen LogP contribution in [0.4, 0.5) is 0 Å². The van der Waals surface area contributed by atoms with Gasteiger partial charge in [0.05, 0.1) is 6.04 Å². The molecule has 110 valence electrons. The van der Waals surface area contributed by atoms with Crippen LogP contribution in [0.15, 0.2) is 59.1 Å². The number of hydrogen-bond acceptors (Lipinski definition) is 2. The Labute approximate surface area is 133 Å². The zero-order valence-corrected chi connectivity index (χ0v) is 13.5. The molecule has 0 radical (unpaired) electrons. The summed E-state index contributed by atoms with van der Waals surface area (Å²) in [5.41, 5.74) is 7.92. The van der Waals surface area contributed by atoms with Crippen molar-refractivity contribution in [2.24, 2.45) is 5.73 Å². The molecule has 3 N–H and O–H groups in total. The molecule has 21 heavy (non-hydrogen) atoms. The van der Waals surface area contributed by atoms with Crippen LogP contribution in [0.1, 0.15) is 36.6 Å². The largest absolute Gasteiger partial charge is 0.348 e. The van der Waals surface area contributed by atoms with E-state index >= 15 is 0 Å². The number of carbonyl (C=O) groups excluding carboxylic acids is 1. The normalized spacial score (nSPS) is 13.5. The highest BCUT2D eigenvalue weighted by molar-refractivity contribution is 9.10. The van der Waals surface area contributed by atoms with Crippen molar-refractivity contribution in [3.05, 3.63) is 70.2 Å². The van der Waals surface area contributed by atoms with Gasteiger partial charge in [0, 0.05) is 4.47 Å². The molecule has 2 aromatic rings. The predicted molar refractivity (Wildman–Crippen MR) is 88.7 cm³/mol. The maximum Gasteiger partial charge on any atom is 0.241 e. The van der Waals surface area contributed by atoms with E-state index in [2.05, 4.69) is 21.2 Å². The zero-order chi connectivity index (χ0) is 15.2. The highest BCUT2D eigenvalue weighted by Gasteiger charge is 2.19. The van der Waals surface area contributed by atoms with Gasteiger partial charge in [-0.25, -0.2) is 0 Å². The minimum atomic E-state index is -0.643. The first kappa shape index (κ1) is 15.7. The molecular formula is C17H19BrN2O. The lowest BCUT2D eigenvalue weighted by atomic mass is 10.0. The zero-order valence-electron chi connectivity index (χ0n) is 11.9. The number of benzene rings is 2. The highest BCUT2D eigenvalue weighted by atomic mass is 79.9. The van der Waals surface area contributed by atoms with Crippen molar-refractivity contribution >= 4 is 21.8 Å². The van der Waals surface area contributed by atoms with Gasteiger partial charge in [0.15, 0.2) is 0 Å². The van der Waals surface area contributed by atoms with E-state index in [-0.39, 0.29) is 11.9 Å². The SMILES string of the molecule is CCC(NC(=O)[C@@H](N)c1ccccc1)c1ccc(Br)cc1. The van der Waals surface area contributed by atoms with E-state index in [1.807, 2.05) is 61.5 Å². The second kappa shape index (κ2) is 7.38. The maximum absolute atomic E-state index is 12.3. The molecule has 0 aliphatic carbocycles. The van der Waals surface area contributed by atoms with Crippen LogP contribution in [-0.4, -0.2) is 5.91 Å². The van der Waals surface area contributed by atoms with E-state index in [0.717, 1.165) is 22.0 Å². The van der Waals surface area contributed by atoms with Crippen LogP contribution in [0.25, 0.3) is 0 Å². The lowest BCUT2D eigenvalue weighted by molar-refractivity contribution is -0.123. The number of hydrogen-bond donors (Lipinski definition) is 2. The van der Waals surface area contributed by atoms with Gasteiger partial charge >= 0.3 is 0 Å². The Morgan fingerprint density at radius 3 is 2.29 bits per heavy atom. The Balaban J connectivity index is 2.08. The Morgan fingerprint density at radius 1 is 1.10 bits per heavy atom. The Bertz CT molecular complexity index is 583. The highest BCUT2D eigenvalue weighted by Crippen LogP contribution is 2.20. The van der Waals surface area contributed by atoms with E-state index in [0.29, 0.717) is 0 Å². The van der Waals surface area contributed by atoms with Gasteiger partial charge < -0.3 is 11.1 Å². The summed E-state index contributed by atoms with van der Waals surface area (Å²) in [6, 6.07) is 16.7. The monoisotopic (exact) mass is 346 g/mol. The first-order valence-electron chi connectivity index (χ1n) is 6.98. The van der Waals surface area contributed by atoms with Gasteiger partial charge in [-0.15, -0.1) is 0 Å². The number of rotatable bonds is 5. The van der Waals surface area contributed by atoms with Crippen molar-refractivity contribution in [3.8, 4) is 0 Å². The van der Waals surface area contributed by atoms with Gasteiger partial charge in [0.2, 0.25) is 5.91 Å². The minimum absolute atomic E-state index is 0.0274. The summed E-state index contributed by atoms with van der Waals surface area (Å²) in [6.07, 6.45) is 0.814. The molecule has 1 unspecified atom stereocenters. The summed E-state index contributed by atoms with van der Waals surface area (Å²) in [5.74, 6) is -0.157. The van der Waals surface area contributed by atoms with Gasteiger partial charge in [0.25, 0.3) is 0 Å². The summed E-state index contributed by atoms with van der Waals surface area (Å²) < 4.78 is 1.02. The van der Waals surface area contributed by atoms with Crippen LogP contribution in [-0.2, 0) is 4.79 Å². The van der Waals surface area contributed by atoms with Crippen LogP contribution < -0.4 is 11.1 Å². The number of nitrogens with two attached hydrogens (primary N) is 1. The topological polar surface area (TPSA) is 55.1 Å². The molecule has 0 spiro atoms. The fourth-order valence-corrected chi connectivity index (χ4v) is 2.45. The molecule has 0 saturated carbocycles. The number of nitrogens with one attached hydrogen (secondary N) is 1. The molecule has 0 aliphatic rings. The van der Waals surface area contributed by atoms with E-state index in [1.54, 1.807) is 0 Å². The standard InChI is InChI=1S/C17H19BrN2O/c1-2-15(12-8-10-14(18)11-9-12)20-17(21)16(19)13-6-4-3-5-7-13/h3-11,15-16H,2,19H2,1H3,(H,20,21)/t15?,16-/m0/s1. The Morgan fingerprint density at radius 2 is 1.71 bits per heavy atom. The maximum atomic E-state index is 12.3. The van der Waals surface area contributed by atoms with Gasteiger partial charge in [-0.3, -0.25) is 4.79 Å². The van der Waals surface area contributed by atoms with E-state index in [4.69, 9.17) is 5.73 Å². The molecule has 4 heteroatoms. The van der Waals surface area contributed by atoms with Crippen molar-refractivity contribution in [1.82, 2.24) is 5.32 Å². The van der Waals surface area contributed by atoms with E-state index < -0.39 is 6.04 Å². The number of carbonyl (C=O) groups is 1. The van der Waals surface area contributed by atoms with Gasteiger partial charge in [-0.2, -0.15) is 0 Å². The molecule has 0 saturated heterocycles. The molecule has 0 fully saturated rings. The lowest BCUT2D eigenvalue weighted by Crippen LogP contribution is -2.36. The number of amides is 1. The predicted octanol–water partition coefficient (Wildman–Crippen LogP) is 3.72. The van der Waals surface area contributed by atoms with Crippen LogP contribution in [0, 0.1) is 0 Å². The fourth-order valence-electron chi connectivity index (χ4n) is 2.19. The summed E-state index contributed by atoms with van der Waals surface area (Å²) >= 11 is 3.41. The summed E-state index contributed by atoms with van der Waals surface area (Å²) in [5, 5.41) is 3.02. The molecule has 0 aliphatic heterocycles. The van der Waals surface area contributed by atoms with E-state index in [9.17, 15) is 4.79 Å². The first-order valence-corrected chi connectivity index (χ1v) is 7.77. The molecule has 2 aromatic carbocycles. The van der Waals surface area contributed by atoms with Crippen molar-refractivity contribution in [3.63, 3.8) is 0 Å². The average Bonchev–Trinajstić information content (AvgIpc) is 2.53.